The Morgan fingerprint density at radius 1 is 1.09 bits per heavy atom. The number of hydrogen-bond acceptors (Lipinski definition) is 3. The Kier molecular flexibility index (Phi) is 9.03. The molecule has 0 aliphatic heterocycles. The third kappa shape index (κ3) is 8.49. The fourth-order valence-electron chi connectivity index (χ4n) is 2.42. The molecule has 1 rings (SSSR count). The molecule has 0 aromatic carbocycles. The number of carboxylic acids is 1. The van der Waals surface area contributed by atoms with Crippen LogP contribution < -0.4 is 5.73 Å². The smallest absolute Gasteiger partial charge is 0.331 e. The third-order valence-corrected chi connectivity index (χ3v) is 3.69. The van der Waals surface area contributed by atoms with Crippen molar-refractivity contribution in [2.45, 2.75) is 64.2 Å². The number of carbonyl (C=O) groups excluding carboxylic acids is 1. The van der Waals surface area contributed by atoms with Crippen LogP contribution in [0.15, 0.2) is 23.5 Å². The van der Waals surface area contributed by atoms with E-state index in [1.807, 2.05) is 6.08 Å². The summed E-state index contributed by atoms with van der Waals surface area (Å²) in [5.74, 6) is -0.380. The van der Waals surface area contributed by atoms with Gasteiger partial charge in [0.25, 0.3) is 0 Å². The third-order valence-electron chi connectivity index (χ3n) is 3.69. The molecule has 5 nitrogen and oxygen atoms in total. The average Bonchev–Trinajstić information content (AvgIpc) is 2.49. The molecule has 0 unspecified atom stereocenters. The molecule has 22 heavy (non-hydrogen) atoms. The van der Waals surface area contributed by atoms with Crippen molar-refractivity contribution in [1.29, 1.82) is 0 Å². The van der Waals surface area contributed by atoms with Gasteiger partial charge in [0.1, 0.15) is 5.76 Å². The van der Waals surface area contributed by atoms with Gasteiger partial charge in [-0.1, -0.05) is 32.1 Å². The first-order chi connectivity index (χ1) is 10.6. The van der Waals surface area contributed by atoms with Crippen LogP contribution in [0.1, 0.15) is 64.2 Å². The standard InChI is InChI=1S/C17H27NO4/c18-16(19)11-6-4-2-1-3-5-7-12-22-15-10-8-9-14(13-15)17(20)21/h10,13H,1-9,11-12H2,(H2,18,19)(H,20,21). The van der Waals surface area contributed by atoms with Gasteiger partial charge in [0.15, 0.2) is 0 Å². The van der Waals surface area contributed by atoms with Crippen LogP contribution in [-0.4, -0.2) is 23.6 Å². The molecular weight excluding hydrogens is 282 g/mol. The first kappa shape index (κ1) is 18.3. The van der Waals surface area contributed by atoms with E-state index < -0.39 is 5.97 Å². The van der Waals surface area contributed by atoms with E-state index >= 15 is 0 Å². The zero-order chi connectivity index (χ0) is 16.2. The summed E-state index contributed by atoms with van der Waals surface area (Å²) in [4.78, 5) is 21.4. The van der Waals surface area contributed by atoms with E-state index in [1.165, 1.54) is 6.42 Å². The first-order valence-electron chi connectivity index (χ1n) is 8.14. The van der Waals surface area contributed by atoms with Gasteiger partial charge >= 0.3 is 5.97 Å². The minimum absolute atomic E-state index is 0.214. The van der Waals surface area contributed by atoms with Crippen LogP contribution in [0.5, 0.6) is 0 Å². The number of nitrogens with two attached hydrogens (primary N) is 1. The van der Waals surface area contributed by atoms with Crippen molar-refractivity contribution in [3.05, 3.63) is 23.5 Å². The monoisotopic (exact) mass is 309 g/mol. The molecule has 0 heterocycles. The second-order valence-corrected chi connectivity index (χ2v) is 5.66. The second kappa shape index (κ2) is 10.9. The Balaban J connectivity index is 1.97. The van der Waals surface area contributed by atoms with Crippen molar-refractivity contribution in [2.24, 2.45) is 5.73 Å². The van der Waals surface area contributed by atoms with Crippen LogP contribution in [0, 0.1) is 0 Å². The topological polar surface area (TPSA) is 89.6 Å². The lowest BCUT2D eigenvalue weighted by molar-refractivity contribution is -0.132. The molecule has 5 heteroatoms. The van der Waals surface area contributed by atoms with E-state index in [4.69, 9.17) is 15.6 Å². The fourth-order valence-corrected chi connectivity index (χ4v) is 2.42. The van der Waals surface area contributed by atoms with Gasteiger partial charge in [0, 0.05) is 12.0 Å². The molecule has 0 radical (unpaired) electrons. The highest BCUT2D eigenvalue weighted by atomic mass is 16.5. The molecule has 0 atom stereocenters. The fraction of sp³-hybridized carbons (Fsp3) is 0.647. The molecule has 1 aliphatic rings. The van der Waals surface area contributed by atoms with Crippen molar-refractivity contribution in [1.82, 2.24) is 0 Å². The van der Waals surface area contributed by atoms with E-state index in [2.05, 4.69) is 0 Å². The predicted molar refractivity (Wildman–Crippen MR) is 85.1 cm³/mol. The highest BCUT2D eigenvalue weighted by molar-refractivity contribution is 5.87. The van der Waals surface area contributed by atoms with Crippen LogP contribution in [-0.2, 0) is 14.3 Å². The molecule has 0 fully saturated rings. The number of aliphatic carboxylic acids is 1. The summed E-state index contributed by atoms with van der Waals surface area (Å²) in [6, 6.07) is 0. The van der Waals surface area contributed by atoms with Gasteiger partial charge < -0.3 is 15.6 Å². The van der Waals surface area contributed by atoms with Crippen molar-refractivity contribution < 1.29 is 19.4 Å². The molecule has 0 spiro atoms. The highest BCUT2D eigenvalue weighted by Crippen LogP contribution is 2.18. The zero-order valence-corrected chi connectivity index (χ0v) is 13.2. The zero-order valence-electron chi connectivity index (χ0n) is 13.2. The number of allylic oxidation sites excluding steroid dienone is 2. The molecule has 0 saturated carbocycles. The van der Waals surface area contributed by atoms with Crippen LogP contribution in [0.25, 0.3) is 0 Å². The Labute approximate surface area is 132 Å². The number of carboxylic acid groups (broad SMARTS) is 1. The van der Waals surface area contributed by atoms with Gasteiger partial charge in [-0.25, -0.2) is 4.79 Å². The second-order valence-electron chi connectivity index (χ2n) is 5.66. The summed E-state index contributed by atoms with van der Waals surface area (Å²) in [7, 11) is 0. The van der Waals surface area contributed by atoms with Gasteiger partial charge in [0.05, 0.1) is 6.61 Å². The Bertz CT molecular complexity index is 426. The summed E-state index contributed by atoms with van der Waals surface area (Å²) in [5.41, 5.74) is 5.51. The molecule has 0 saturated heterocycles. The van der Waals surface area contributed by atoms with Crippen LogP contribution in [0.2, 0.25) is 0 Å². The molecular formula is C17H27NO4. The Hall–Kier alpha value is -1.78. The minimum Gasteiger partial charge on any atom is -0.494 e. The lowest BCUT2D eigenvalue weighted by atomic mass is 10.0. The van der Waals surface area contributed by atoms with Gasteiger partial charge in [-0.15, -0.1) is 0 Å². The number of unbranched alkanes of at least 4 members (excludes halogenated alkanes) is 6. The van der Waals surface area contributed by atoms with E-state index in [-0.39, 0.29) is 5.91 Å². The van der Waals surface area contributed by atoms with Crippen molar-refractivity contribution in [3.8, 4) is 0 Å². The summed E-state index contributed by atoms with van der Waals surface area (Å²) in [5, 5.41) is 8.94. The van der Waals surface area contributed by atoms with Crippen molar-refractivity contribution in [2.75, 3.05) is 6.61 Å². The van der Waals surface area contributed by atoms with E-state index in [9.17, 15) is 9.59 Å². The van der Waals surface area contributed by atoms with Gasteiger partial charge in [-0.2, -0.15) is 0 Å². The lowest BCUT2D eigenvalue weighted by Crippen LogP contribution is -2.09. The van der Waals surface area contributed by atoms with Crippen LogP contribution >= 0.6 is 0 Å². The van der Waals surface area contributed by atoms with Crippen molar-refractivity contribution in [3.63, 3.8) is 0 Å². The van der Waals surface area contributed by atoms with Crippen LogP contribution in [0.4, 0.5) is 0 Å². The predicted octanol–water partition coefficient (Wildman–Crippen LogP) is 3.30. The largest absolute Gasteiger partial charge is 0.494 e. The van der Waals surface area contributed by atoms with E-state index in [0.717, 1.165) is 44.9 Å². The van der Waals surface area contributed by atoms with Crippen LogP contribution in [0.3, 0.4) is 0 Å². The molecule has 124 valence electrons. The number of carbonyl (C=O) groups is 2. The quantitative estimate of drug-likeness (QED) is 0.541. The maximum Gasteiger partial charge on any atom is 0.331 e. The Morgan fingerprint density at radius 2 is 1.73 bits per heavy atom. The molecule has 1 amide bonds. The van der Waals surface area contributed by atoms with Crippen molar-refractivity contribution >= 4 is 11.9 Å². The average molecular weight is 309 g/mol. The van der Waals surface area contributed by atoms with Gasteiger partial charge in [-0.3, -0.25) is 4.79 Å². The number of ether oxygens (including phenoxy) is 1. The summed E-state index contributed by atoms with van der Waals surface area (Å²) in [6.07, 6.45) is 12.9. The summed E-state index contributed by atoms with van der Waals surface area (Å²) < 4.78 is 5.60. The summed E-state index contributed by atoms with van der Waals surface area (Å²) in [6.45, 7) is 0.636. The molecule has 3 N–H and O–H groups in total. The maximum atomic E-state index is 10.9. The van der Waals surface area contributed by atoms with Gasteiger partial charge in [-0.05, 0) is 37.8 Å². The number of hydrogen-bond donors (Lipinski definition) is 2. The summed E-state index contributed by atoms with van der Waals surface area (Å²) >= 11 is 0. The van der Waals surface area contributed by atoms with E-state index in [0.29, 0.717) is 30.8 Å². The normalized spacial score (nSPS) is 14.2. The molecule has 0 aromatic rings. The maximum absolute atomic E-state index is 10.9. The molecule has 0 aromatic heterocycles. The Morgan fingerprint density at radius 3 is 2.36 bits per heavy atom. The highest BCUT2D eigenvalue weighted by Gasteiger charge is 2.12. The number of amides is 1. The minimum atomic E-state index is -0.856. The van der Waals surface area contributed by atoms with Gasteiger partial charge in [0.2, 0.25) is 5.91 Å². The first-order valence-corrected chi connectivity index (χ1v) is 8.14. The molecule has 0 bridgehead atoms. The molecule has 1 aliphatic carbocycles. The number of rotatable bonds is 12. The SMILES string of the molecule is NC(=O)CCCCCCCCCOC1=CCCC(C(=O)O)=C1. The number of primary amides is 1. The lowest BCUT2D eigenvalue weighted by Gasteiger charge is -2.12. The van der Waals surface area contributed by atoms with E-state index in [1.54, 1.807) is 6.08 Å².